The Balaban J connectivity index is 1.94. The van der Waals surface area contributed by atoms with Crippen LogP contribution in [-0.2, 0) is 0 Å². The molecule has 1 fully saturated rings. The van der Waals surface area contributed by atoms with Gasteiger partial charge in [0.05, 0.1) is 5.69 Å². The van der Waals surface area contributed by atoms with Crippen molar-refractivity contribution in [2.75, 3.05) is 25.9 Å². The number of anilines is 1. The van der Waals surface area contributed by atoms with Gasteiger partial charge in [-0.2, -0.15) is 0 Å². The number of benzene rings is 1. The van der Waals surface area contributed by atoms with Gasteiger partial charge in [-0.25, -0.2) is 0 Å². The van der Waals surface area contributed by atoms with Crippen LogP contribution in [0.2, 0.25) is 0 Å². The summed E-state index contributed by atoms with van der Waals surface area (Å²) in [6, 6.07) is 6.48. The van der Waals surface area contributed by atoms with Crippen molar-refractivity contribution < 1.29 is 4.74 Å². The lowest BCUT2D eigenvalue weighted by atomic mass is 10.2. The van der Waals surface area contributed by atoms with E-state index in [9.17, 15) is 0 Å². The third kappa shape index (κ3) is 2.47. The molecule has 0 saturated carbocycles. The monoisotopic (exact) mass is 220 g/mol. The van der Waals surface area contributed by atoms with E-state index in [4.69, 9.17) is 10.5 Å². The number of rotatable bonds is 3. The SMILES string of the molecule is Cc1ccc(OCC2CCCN2C)c(N)c1. The number of likely N-dealkylation sites (N-methyl/N-ethyl adjacent to an activating group) is 1. The fourth-order valence-corrected chi connectivity index (χ4v) is 2.18. The van der Waals surface area contributed by atoms with Gasteiger partial charge in [0.2, 0.25) is 0 Å². The van der Waals surface area contributed by atoms with E-state index in [1.807, 2.05) is 25.1 Å². The topological polar surface area (TPSA) is 38.5 Å². The standard InChI is InChI=1S/C13H20N2O/c1-10-5-6-13(12(14)8-10)16-9-11-4-3-7-15(11)2/h5-6,8,11H,3-4,7,9,14H2,1-2H3. The highest BCUT2D eigenvalue weighted by atomic mass is 16.5. The minimum atomic E-state index is 0.542. The zero-order valence-electron chi connectivity index (χ0n) is 10.1. The van der Waals surface area contributed by atoms with Crippen molar-refractivity contribution in [2.24, 2.45) is 0 Å². The predicted molar refractivity (Wildman–Crippen MR) is 66.7 cm³/mol. The molecular formula is C13H20N2O. The Bertz CT molecular complexity index is 365. The molecule has 1 aromatic carbocycles. The molecule has 1 atom stereocenters. The van der Waals surface area contributed by atoms with Crippen molar-refractivity contribution in [3.8, 4) is 5.75 Å². The molecule has 1 aliphatic rings. The highest BCUT2D eigenvalue weighted by molar-refractivity contribution is 5.54. The number of likely N-dealkylation sites (tertiary alicyclic amines) is 1. The van der Waals surface area contributed by atoms with Gasteiger partial charge in [-0.3, -0.25) is 0 Å². The summed E-state index contributed by atoms with van der Waals surface area (Å²) in [6.07, 6.45) is 2.50. The van der Waals surface area contributed by atoms with Crippen LogP contribution in [0.3, 0.4) is 0 Å². The fraction of sp³-hybridized carbons (Fsp3) is 0.538. The van der Waals surface area contributed by atoms with Crippen molar-refractivity contribution in [2.45, 2.75) is 25.8 Å². The maximum absolute atomic E-state index is 5.90. The van der Waals surface area contributed by atoms with Gasteiger partial charge in [0.15, 0.2) is 0 Å². The minimum absolute atomic E-state index is 0.542. The Labute approximate surface area is 97.2 Å². The van der Waals surface area contributed by atoms with Crippen molar-refractivity contribution in [1.82, 2.24) is 4.90 Å². The molecule has 1 aromatic rings. The van der Waals surface area contributed by atoms with E-state index in [1.54, 1.807) is 0 Å². The molecule has 3 nitrogen and oxygen atoms in total. The number of nitrogens with two attached hydrogens (primary N) is 1. The molecule has 0 bridgehead atoms. The molecule has 1 saturated heterocycles. The van der Waals surface area contributed by atoms with Crippen molar-refractivity contribution in [3.63, 3.8) is 0 Å². The Morgan fingerprint density at radius 1 is 1.50 bits per heavy atom. The summed E-state index contributed by atoms with van der Waals surface area (Å²) in [4.78, 5) is 2.35. The van der Waals surface area contributed by atoms with Crippen LogP contribution in [0.1, 0.15) is 18.4 Å². The van der Waals surface area contributed by atoms with Gasteiger partial charge in [-0.1, -0.05) is 6.07 Å². The van der Waals surface area contributed by atoms with Crippen molar-refractivity contribution >= 4 is 5.69 Å². The number of hydrogen-bond donors (Lipinski definition) is 1. The van der Waals surface area contributed by atoms with E-state index in [1.165, 1.54) is 24.9 Å². The first kappa shape index (κ1) is 11.3. The van der Waals surface area contributed by atoms with Crippen LogP contribution in [-0.4, -0.2) is 31.1 Å². The van der Waals surface area contributed by atoms with Gasteiger partial charge < -0.3 is 15.4 Å². The lowest BCUT2D eigenvalue weighted by Gasteiger charge is -2.20. The third-order valence-electron chi connectivity index (χ3n) is 3.27. The molecule has 1 unspecified atom stereocenters. The molecule has 2 rings (SSSR count). The summed E-state index contributed by atoms with van der Waals surface area (Å²) >= 11 is 0. The average molecular weight is 220 g/mol. The van der Waals surface area contributed by atoms with E-state index >= 15 is 0 Å². The first-order valence-electron chi connectivity index (χ1n) is 5.86. The molecular weight excluding hydrogens is 200 g/mol. The normalized spacial score (nSPS) is 21.2. The summed E-state index contributed by atoms with van der Waals surface area (Å²) in [5, 5.41) is 0. The quantitative estimate of drug-likeness (QED) is 0.792. The largest absolute Gasteiger partial charge is 0.490 e. The third-order valence-corrected chi connectivity index (χ3v) is 3.27. The smallest absolute Gasteiger partial charge is 0.142 e. The predicted octanol–water partition coefficient (Wildman–Crippen LogP) is 2.05. The van der Waals surface area contributed by atoms with Crippen molar-refractivity contribution in [1.29, 1.82) is 0 Å². The number of hydrogen-bond acceptors (Lipinski definition) is 3. The molecule has 1 heterocycles. The number of ether oxygens (including phenoxy) is 1. The highest BCUT2D eigenvalue weighted by Crippen LogP contribution is 2.23. The van der Waals surface area contributed by atoms with Gasteiger partial charge in [0.25, 0.3) is 0 Å². The summed E-state index contributed by atoms with van der Waals surface area (Å²) in [5.41, 5.74) is 7.81. The van der Waals surface area contributed by atoms with E-state index in [0.29, 0.717) is 6.04 Å². The van der Waals surface area contributed by atoms with Crippen LogP contribution in [0.4, 0.5) is 5.69 Å². The maximum atomic E-state index is 5.90. The molecule has 0 amide bonds. The zero-order valence-corrected chi connectivity index (χ0v) is 10.1. The zero-order chi connectivity index (χ0) is 11.5. The second-order valence-electron chi connectivity index (χ2n) is 4.63. The number of nitrogen functional groups attached to an aromatic ring is 1. The van der Waals surface area contributed by atoms with Gasteiger partial charge in [0, 0.05) is 6.04 Å². The van der Waals surface area contributed by atoms with Gasteiger partial charge in [-0.15, -0.1) is 0 Å². The molecule has 0 radical (unpaired) electrons. The van der Waals surface area contributed by atoms with Gasteiger partial charge >= 0.3 is 0 Å². The molecule has 88 valence electrons. The van der Waals surface area contributed by atoms with E-state index in [-0.39, 0.29) is 0 Å². The lowest BCUT2D eigenvalue weighted by molar-refractivity contribution is 0.199. The van der Waals surface area contributed by atoms with Crippen LogP contribution in [0.5, 0.6) is 5.75 Å². The Hall–Kier alpha value is -1.22. The molecule has 0 aliphatic carbocycles. The highest BCUT2D eigenvalue weighted by Gasteiger charge is 2.21. The molecule has 1 aliphatic heterocycles. The number of nitrogens with zero attached hydrogens (tertiary/aromatic N) is 1. The Morgan fingerprint density at radius 3 is 2.94 bits per heavy atom. The van der Waals surface area contributed by atoms with Crippen LogP contribution >= 0.6 is 0 Å². The average Bonchev–Trinajstić information content (AvgIpc) is 2.63. The summed E-state index contributed by atoms with van der Waals surface area (Å²) in [5.74, 6) is 0.811. The number of aryl methyl sites for hydroxylation is 1. The summed E-state index contributed by atoms with van der Waals surface area (Å²) < 4.78 is 5.78. The van der Waals surface area contributed by atoms with Crippen LogP contribution in [0.15, 0.2) is 18.2 Å². The fourth-order valence-electron chi connectivity index (χ4n) is 2.18. The summed E-state index contributed by atoms with van der Waals surface area (Å²) in [7, 11) is 2.15. The van der Waals surface area contributed by atoms with E-state index in [2.05, 4.69) is 11.9 Å². The van der Waals surface area contributed by atoms with E-state index in [0.717, 1.165) is 18.0 Å². The molecule has 3 heteroatoms. The van der Waals surface area contributed by atoms with Gasteiger partial charge in [0.1, 0.15) is 12.4 Å². The second-order valence-corrected chi connectivity index (χ2v) is 4.63. The minimum Gasteiger partial charge on any atom is -0.490 e. The first-order valence-corrected chi connectivity index (χ1v) is 5.86. The molecule has 16 heavy (non-hydrogen) atoms. The molecule has 2 N–H and O–H groups in total. The Kier molecular flexibility index (Phi) is 3.34. The Morgan fingerprint density at radius 2 is 2.31 bits per heavy atom. The van der Waals surface area contributed by atoms with Gasteiger partial charge in [-0.05, 0) is 51.1 Å². The van der Waals surface area contributed by atoms with Crippen LogP contribution < -0.4 is 10.5 Å². The maximum Gasteiger partial charge on any atom is 0.142 e. The lowest BCUT2D eigenvalue weighted by Crippen LogP contribution is -2.30. The van der Waals surface area contributed by atoms with Crippen molar-refractivity contribution in [3.05, 3.63) is 23.8 Å². The molecule has 0 aromatic heterocycles. The van der Waals surface area contributed by atoms with E-state index < -0.39 is 0 Å². The van der Waals surface area contributed by atoms with Crippen LogP contribution in [0.25, 0.3) is 0 Å². The first-order chi connectivity index (χ1) is 7.66. The molecule has 0 spiro atoms. The second kappa shape index (κ2) is 4.74. The summed E-state index contributed by atoms with van der Waals surface area (Å²) in [6.45, 7) is 3.95. The van der Waals surface area contributed by atoms with Crippen LogP contribution in [0, 0.1) is 6.92 Å².